The van der Waals surface area contributed by atoms with Gasteiger partial charge in [0.25, 0.3) is 11.6 Å². The number of nitrogens with zero attached hydrogens (tertiary/aromatic N) is 5. The molecule has 13 nitrogen and oxygen atoms in total. The van der Waals surface area contributed by atoms with Gasteiger partial charge in [-0.3, -0.25) is 24.4 Å². The zero-order valence-corrected chi connectivity index (χ0v) is 23.8. The van der Waals surface area contributed by atoms with Gasteiger partial charge in [0.2, 0.25) is 5.91 Å². The Bertz CT molecular complexity index is 1520. The van der Waals surface area contributed by atoms with Gasteiger partial charge in [0.15, 0.2) is 5.60 Å². The van der Waals surface area contributed by atoms with Crippen LogP contribution in [0, 0.1) is 16.0 Å². The first-order chi connectivity index (χ1) is 20.7. The summed E-state index contributed by atoms with van der Waals surface area (Å²) in [5.74, 6) is -1.36. The Balaban J connectivity index is 1.32. The van der Waals surface area contributed by atoms with E-state index >= 15 is 0 Å². The van der Waals surface area contributed by atoms with Crippen molar-refractivity contribution in [2.45, 2.75) is 57.3 Å². The standard InChI is InChI=1S/C30H35N7O6/c1-20(5-2-3-15-35-19-23(13-16-38)33-34-35)30(41)25-17-24(37(42)43)11-12-27(25)36(29(30)40)18-21-7-9-22(10-8-21)32-28(39)26-6-4-14-31-26/h2,5,7-12,17,19-20,26,31,38,41H,3-4,6,13-16,18H2,1H3,(H,32,39)/b5-2+/t20-,26+,30+/m0/s1. The van der Waals surface area contributed by atoms with Crippen LogP contribution in [0.1, 0.15) is 43.0 Å². The van der Waals surface area contributed by atoms with E-state index in [1.54, 1.807) is 48.1 Å². The van der Waals surface area contributed by atoms with Crippen molar-refractivity contribution >= 4 is 28.9 Å². The molecule has 0 radical (unpaired) electrons. The van der Waals surface area contributed by atoms with Crippen molar-refractivity contribution in [3.63, 3.8) is 0 Å². The number of benzene rings is 2. The number of hydrogen-bond donors (Lipinski definition) is 4. The van der Waals surface area contributed by atoms with Gasteiger partial charge in [0.05, 0.1) is 28.9 Å². The summed E-state index contributed by atoms with van der Waals surface area (Å²) in [6.07, 6.45) is 8.03. The van der Waals surface area contributed by atoms with E-state index in [9.17, 15) is 24.8 Å². The van der Waals surface area contributed by atoms with Crippen LogP contribution in [0.25, 0.3) is 0 Å². The predicted molar refractivity (Wildman–Crippen MR) is 158 cm³/mol. The fraction of sp³-hybridized carbons (Fsp3) is 0.400. The SMILES string of the molecule is C[C@@H](/C=C/CCn1cc(CCO)nn1)[C@]1(O)C(=O)N(Cc2ccc(NC(=O)[C@H]3CCCN3)cc2)c2ccc([N+](=O)[O-])cc21. The number of carbonyl (C=O) groups excluding carboxylic acids is 2. The lowest BCUT2D eigenvalue weighted by atomic mass is 9.82. The zero-order chi connectivity index (χ0) is 30.6. The highest BCUT2D eigenvalue weighted by atomic mass is 16.6. The highest BCUT2D eigenvalue weighted by molar-refractivity contribution is 6.07. The third-order valence-corrected chi connectivity index (χ3v) is 7.97. The lowest BCUT2D eigenvalue weighted by molar-refractivity contribution is -0.385. The maximum Gasteiger partial charge on any atom is 0.269 e. The van der Waals surface area contributed by atoms with Gasteiger partial charge in [-0.05, 0) is 49.6 Å². The van der Waals surface area contributed by atoms with Crippen molar-refractivity contribution in [2.24, 2.45) is 5.92 Å². The Morgan fingerprint density at radius 2 is 2.09 bits per heavy atom. The highest BCUT2D eigenvalue weighted by Gasteiger charge is 2.53. The molecule has 0 saturated carbocycles. The third-order valence-electron chi connectivity index (χ3n) is 7.97. The van der Waals surface area contributed by atoms with Gasteiger partial charge in [-0.2, -0.15) is 0 Å². The molecule has 0 unspecified atom stereocenters. The number of amides is 2. The summed E-state index contributed by atoms with van der Waals surface area (Å²) in [5, 5.41) is 46.6. The Kier molecular flexibility index (Phi) is 8.94. The van der Waals surface area contributed by atoms with Crippen LogP contribution in [0.3, 0.4) is 0 Å². The van der Waals surface area contributed by atoms with Crippen LogP contribution < -0.4 is 15.5 Å². The number of hydrogen-bond acceptors (Lipinski definition) is 9. The average Bonchev–Trinajstić information content (AvgIpc) is 3.74. The molecule has 0 aliphatic carbocycles. The quantitative estimate of drug-likeness (QED) is 0.140. The molecule has 4 N–H and O–H groups in total. The lowest BCUT2D eigenvalue weighted by Gasteiger charge is -2.27. The Labute approximate surface area is 248 Å². The number of nitrogens with one attached hydrogen (secondary N) is 2. The number of rotatable bonds is 12. The maximum atomic E-state index is 13.9. The number of aliphatic hydroxyl groups is 2. The maximum absolute atomic E-state index is 13.9. The number of nitro benzene ring substituents is 1. The number of fused-ring (bicyclic) bond motifs is 1. The van der Waals surface area contributed by atoms with E-state index in [4.69, 9.17) is 5.11 Å². The molecule has 2 aliphatic heterocycles. The monoisotopic (exact) mass is 589 g/mol. The van der Waals surface area contributed by atoms with Crippen LogP contribution in [0.5, 0.6) is 0 Å². The first-order valence-corrected chi connectivity index (χ1v) is 14.3. The first kappa shape index (κ1) is 30.0. The van der Waals surface area contributed by atoms with Crippen molar-refractivity contribution in [1.82, 2.24) is 20.3 Å². The molecular formula is C30H35N7O6. The number of nitro groups is 1. The molecule has 2 aromatic carbocycles. The van der Waals surface area contributed by atoms with Gasteiger partial charge in [0.1, 0.15) is 0 Å². The van der Waals surface area contributed by atoms with E-state index < -0.39 is 22.3 Å². The molecule has 43 heavy (non-hydrogen) atoms. The van der Waals surface area contributed by atoms with Crippen LogP contribution in [0.15, 0.2) is 60.8 Å². The minimum absolute atomic E-state index is 0.0127. The van der Waals surface area contributed by atoms with E-state index in [1.807, 2.05) is 6.08 Å². The molecule has 1 fully saturated rings. The lowest BCUT2D eigenvalue weighted by Crippen LogP contribution is -2.44. The summed E-state index contributed by atoms with van der Waals surface area (Å²) >= 11 is 0. The largest absolute Gasteiger partial charge is 0.396 e. The number of carbonyl (C=O) groups is 2. The van der Waals surface area contributed by atoms with Gasteiger partial charge >= 0.3 is 0 Å². The summed E-state index contributed by atoms with van der Waals surface area (Å²) < 4.78 is 1.65. The highest BCUT2D eigenvalue weighted by Crippen LogP contribution is 2.47. The van der Waals surface area contributed by atoms with E-state index in [2.05, 4.69) is 20.9 Å². The molecule has 0 bridgehead atoms. The van der Waals surface area contributed by atoms with Gasteiger partial charge in [-0.1, -0.05) is 36.4 Å². The Hall–Kier alpha value is -4.46. The topological polar surface area (TPSA) is 176 Å². The summed E-state index contributed by atoms with van der Waals surface area (Å²) in [7, 11) is 0. The van der Waals surface area contributed by atoms with Crippen molar-refractivity contribution < 1.29 is 24.7 Å². The molecule has 3 atom stereocenters. The number of aryl methyl sites for hydroxylation is 1. The van der Waals surface area contributed by atoms with Crippen LogP contribution >= 0.6 is 0 Å². The molecule has 2 amide bonds. The van der Waals surface area contributed by atoms with Crippen molar-refractivity contribution in [3.05, 3.63) is 87.7 Å². The van der Waals surface area contributed by atoms with Crippen LogP contribution in [0.4, 0.5) is 17.1 Å². The van der Waals surface area contributed by atoms with E-state index in [1.165, 1.54) is 23.1 Å². The van der Waals surface area contributed by atoms with Gasteiger partial charge in [0, 0.05) is 55.1 Å². The van der Waals surface area contributed by atoms with Gasteiger partial charge < -0.3 is 25.7 Å². The summed E-state index contributed by atoms with van der Waals surface area (Å²) in [5.41, 5.74) is 0.437. The minimum Gasteiger partial charge on any atom is -0.396 e. The van der Waals surface area contributed by atoms with Crippen molar-refractivity contribution in [3.8, 4) is 0 Å². The zero-order valence-electron chi connectivity index (χ0n) is 23.8. The Morgan fingerprint density at radius 1 is 1.30 bits per heavy atom. The average molecular weight is 590 g/mol. The van der Waals surface area contributed by atoms with Crippen molar-refractivity contribution in [2.75, 3.05) is 23.4 Å². The van der Waals surface area contributed by atoms with Gasteiger partial charge in [-0.25, -0.2) is 0 Å². The van der Waals surface area contributed by atoms with Crippen LogP contribution in [0.2, 0.25) is 0 Å². The first-order valence-electron chi connectivity index (χ1n) is 14.3. The normalized spacial score (nSPS) is 20.5. The molecule has 1 aromatic heterocycles. The second-order valence-corrected chi connectivity index (χ2v) is 10.9. The number of anilines is 2. The molecule has 0 spiro atoms. The molecular weight excluding hydrogens is 554 g/mol. The summed E-state index contributed by atoms with van der Waals surface area (Å²) in [6, 6.07) is 11.0. The summed E-state index contributed by atoms with van der Waals surface area (Å²) in [4.78, 5) is 38.8. The van der Waals surface area contributed by atoms with Crippen LogP contribution in [-0.4, -0.2) is 61.1 Å². The fourth-order valence-electron chi connectivity index (χ4n) is 5.54. The number of non-ortho nitro benzene ring substituents is 1. The number of allylic oxidation sites excluding steroid dienone is 1. The number of aliphatic hydroxyl groups excluding tert-OH is 1. The number of aromatic nitrogens is 3. The molecule has 2 aliphatic rings. The summed E-state index contributed by atoms with van der Waals surface area (Å²) in [6.45, 7) is 3.15. The third kappa shape index (κ3) is 6.33. The van der Waals surface area contributed by atoms with Crippen molar-refractivity contribution in [1.29, 1.82) is 0 Å². The van der Waals surface area contributed by atoms with Gasteiger partial charge in [-0.15, -0.1) is 5.10 Å². The van der Waals surface area contributed by atoms with E-state index in [-0.39, 0.29) is 36.4 Å². The minimum atomic E-state index is -2.01. The van der Waals surface area contributed by atoms with Crippen LogP contribution in [-0.2, 0) is 34.7 Å². The second-order valence-electron chi connectivity index (χ2n) is 10.9. The molecule has 3 heterocycles. The molecule has 13 heteroatoms. The second kappa shape index (κ2) is 12.8. The predicted octanol–water partition coefficient (Wildman–Crippen LogP) is 2.43. The Morgan fingerprint density at radius 3 is 2.79 bits per heavy atom. The molecule has 3 aromatic rings. The molecule has 226 valence electrons. The smallest absolute Gasteiger partial charge is 0.269 e. The molecule has 1 saturated heterocycles. The van der Waals surface area contributed by atoms with E-state index in [0.29, 0.717) is 36.5 Å². The molecule has 5 rings (SSSR count). The fourth-order valence-corrected chi connectivity index (χ4v) is 5.54. The van der Waals surface area contributed by atoms with E-state index in [0.717, 1.165) is 24.9 Å².